The first-order valence-electron chi connectivity index (χ1n) is 8.26. The van der Waals surface area contributed by atoms with Gasteiger partial charge in [0.2, 0.25) is 5.91 Å². The van der Waals surface area contributed by atoms with Gasteiger partial charge in [0.05, 0.1) is 0 Å². The maximum absolute atomic E-state index is 12.5. The van der Waals surface area contributed by atoms with Crippen LogP contribution in [0.3, 0.4) is 0 Å². The van der Waals surface area contributed by atoms with E-state index in [2.05, 4.69) is 43.3 Å². The Morgan fingerprint density at radius 2 is 1.54 bits per heavy atom. The number of benzene rings is 2. The van der Waals surface area contributed by atoms with Gasteiger partial charge in [0.25, 0.3) is 0 Å². The summed E-state index contributed by atoms with van der Waals surface area (Å²) in [7, 11) is 0. The van der Waals surface area contributed by atoms with Gasteiger partial charge >= 0.3 is 0 Å². The normalized spacial score (nSPS) is 10.1. The highest BCUT2D eigenvalue weighted by Gasteiger charge is 2.12. The molecule has 0 atom stereocenters. The fourth-order valence-corrected chi connectivity index (χ4v) is 2.59. The maximum Gasteiger partial charge on any atom is 0.222 e. The molecule has 0 fully saturated rings. The Hall–Kier alpha value is -1.84. The molecule has 4 heteroatoms. The summed E-state index contributed by atoms with van der Waals surface area (Å²) < 4.78 is 0. The molecule has 1 amide bonds. The van der Waals surface area contributed by atoms with Crippen LogP contribution in [0.5, 0.6) is 0 Å². The van der Waals surface area contributed by atoms with Crippen LogP contribution in [0.2, 0.25) is 0 Å². The second-order valence-corrected chi connectivity index (χ2v) is 5.89. The minimum absolute atomic E-state index is 0. The van der Waals surface area contributed by atoms with E-state index in [0.29, 0.717) is 19.5 Å². The van der Waals surface area contributed by atoms with Gasteiger partial charge in [-0.15, -0.1) is 12.4 Å². The molecule has 0 aliphatic rings. The smallest absolute Gasteiger partial charge is 0.222 e. The van der Waals surface area contributed by atoms with Crippen molar-refractivity contribution in [1.29, 1.82) is 0 Å². The van der Waals surface area contributed by atoms with Crippen molar-refractivity contribution in [2.24, 2.45) is 5.73 Å². The summed E-state index contributed by atoms with van der Waals surface area (Å²) in [6.45, 7) is 3.93. The number of nitrogens with zero attached hydrogens (tertiary/aromatic N) is 1. The summed E-state index contributed by atoms with van der Waals surface area (Å²) in [5.41, 5.74) is 9.37. The SMILES string of the molecule is Cc1ccc(CCC(=O)N(CCN)CCc2ccccc2)cc1.Cl. The molecule has 0 saturated heterocycles. The molecule has 0 saturated carbocycles. The van der Waals surface area contributed by atoms with Gasteiger partial charge in [0, 0.05) is 26.1 Å². The van der Waals surface area contributed by atoms with E-state index in [1.807, 2.05) is 23.1 Å². The largest absolute Gasteiger partial charge is 0.341 e. The van der Waals surface area contributed by atoms with Crippen LogP contribution in [0.1, 0.15) is 23.1 Å². The van der Waals surface area contributed by atoms with Crippen LogP contribution >= 0.6 is 12.4 Å². The fourth-order valence-electron chi connectivity index (χ4n) is 2.59. The Bertz CT molecular complexity index is 599. The van der Waals surface area contributed by atoms with Gasteiger partial charge in [0.1, 0.15) is 0 Å². The molecular weight excluding hydrogens is 320 g/mol. The molecule has 3 nitrogen and oxygen atoms in total. The van der Waals surface area contributed by atoms with Gasteiger partial charge in [0.15, 0.2) is 0 Å². The Morgan fingerprint density at radius 1 is 0.917 bits per heavy atom. The molecule has 0 radical (unpaired) electrons. The first-order valence-corrected chi connectivity index (χ1v) is 8.26. The summed E-state index contributed by atoms with van der Waals surface area (Å²) in [6.07, 6.45) is 2.19. The Balaban J connectivity index is 0.00000288. The molecule has 2 aromatic rings. The monoisotopic (exact) mass is 346 g/mol. The molecule has 0 heterocycles. The average Bonchev–Trinajstić information content (AvgIpc) is 2.58. The van der Waals surface area contributed by atoms with Crippen LogP contribution in [0, 0.1) is 6.92 Å². The number of rotatable bonds is 8. The lowest BCUT2D eigenvalue weighted by Crippen LogP contribution is -2.37. The topological polar surface area (TPSA) is 46.3 Å². The number of halogens is 1. The lowest BCUT2D eigenvalue weighted by Gasteiger charge is -2.22. The quantitative estimate of drug-likeness (QED) is 0.796. The molecule has 0 aromatic heterocycles. The predicted molar refractivity (Wildman–Crippen MR) is 103 cm³/mol. The average molecular weight is 347 g/mol. The predicted octanol–water partition coefficient (Wildman–Crippen LogP) is 3.38. The minimum atomic E-state index is 0. The first kappa shape index (κ1) is 20.2. The highest BCUT2D eigenvalue weighted by Crippen LogP contribution is 2.08. The standard InChI is InChI=1S/C20H26N2O.ClH/c1-17-7-9-19(10-8-17)11-12-20(23)22(16-14-21)15-13-18-5-3-2-4-6-18;/h2-10H,11-16,21H2,1H3;1H. The molecule has 0 spiro atoms. The highest BCUT2D eigenvalue weighted by molar-refractivity contribution is 5.85. The van der Waals surface area contributed by atoms with E-state index in [0.717, 1.165) is 19.4 Å². The van der Waals surface area contributed by atoms with E-state index < -0.39 is 0 Å². The van der Waals surface area contributed by atoms with Gasteiger partial charge in [-0.05, 0) is 30.9 Å². The van der Waals surface area contributed by atoms with E-state index in [-0.39, 0.29) is 18.3 Å². The number of hydrogen-bond donors (Lipinski definition) is 1. The van der Waals surface area contributed by atoms with Crippen LogP contribution < -0.4 is 5.73 Å². The molecular formula is C20H27ClN2O. The van der Waals surface area contributed by atoms with Crippen molar-refractivity contribution in [2.75, 3.05) is 19.6 Å². The summed E-state index contributed by atoms with van der Waals surface area (Å²) in [5.74, 6) is 0.187. The van der Waals surface area contributed by atoms with Crippen LogP contribution in [0.15, 0.2) is 54.6 Å². The minimum Gasteiger partial charge on any atom is -0.341 e. The summed E-state index contributed by atoms with van der Waals surface area (Å²) in [4.78, 5) is 14.4. The van der Waals surface area contributed by atoms with Gasteiger partial charge in [-0.2, -0.15) is 0 Å². The number of carbonyl (C=O) groups is 1. The number of hydrogen-bond acceptors (Lipinski definition) is 2. The maximum atomic E-state index is 12.5. The lowest BCUT2D eigenvalue weighted by atomic mass is 10.1. The lowest BCUT2D eigenvalue weighted by molar-refractivity contribution is -0.131. The van der Waals surface area contributed by atoms with Crippen molar-refractivity contribution < 1.29 is 4.79 Å². The molecule has 2 N–H and O–H groups in total. The van der Waals surface area contributed by atoms with Gasteiger partial charge in [-0.25, -0.2) is 0 Å². The van der Waals surface area contributed by atoms with Crippen molar-refractivity contribution in [1.82, 2.24) is 4.90 Å². The van der Waals surface area contributed by atoms with Crippen LogP contribution in [0.4, 0.5) is 0 Å². The van der Waals surface area contributed by atoms with Crippen LogP contribution in [0.25, 0.3) is 0 Å². The van der Waals surface area contributed by atoms with Crippen molar-refractivity contribution in [3.05, 3.63) is 71.3 Å². The number of aryl methyl sites for hydroxylation is 2. The summed E-state index contributed by atoms with van der Waals surface area (Å²) in [5, 5.41) is 0. The van der Waals surface area contributed by atoms with Crippen molar-refractivity contribution in [2.45, 2.75) is 26.2 Å². The fraction of sp³-hybridized carbons (Fsp3) is 0.350. The summed E-state index contributed by atoms with van der Waals surface area (Å²) in [6, 6.07) is 18.6. The van der Waals surface area contributed by atoms with E-state index in [1.165, 1.54) is 16.7 Å². The van der Waals surface area contributed by atoms with Crippen LogP contribution in [-0.2, 0) is 17.6 Å². The third-order valence-corrected chi connectivity index (χ3v) is 4.01. The second-order valence-electron chi connectivity index (χ2n) is 5.89. The molecule has 0 aliphatic carbocycles. The summed E-state index contributed by atoms with van der Waals surface area (Å²) >= 11 is 0. The Kier molecular flexibility index (Phi) is 9.13. The molecule has 0 unspecified atom stereocenters. The Labute approximate surface area is 151 Å². The van der Waals surface area contributed by atoms with E-state index in [9.17, 15) is 4.79 Å². The molecule has 24 heavy (non-hydrogen) atoms. The zero-order chi connectivity index (χ0) is 16.5. The van der Waals surface area contributed by atoms with Crippen LogP contribution in [-0.4, -0.2) is 30.4 Å². The third kappa shape index (κ3) is 6.73. The zero-order valence-electron chi connectivity index (χ0n) is 14.3. The molecule has 0 bridgehead atoms. The number of amides is 1. The second kappa shape index (κ2) is 10.8. The van der Waals surface area contributed by atoms with E-state index >= 15 is 0 Å². The number of nitrogens with two attached hydrogens (primary N) is 1. The van der Waals surface area contributed by atoms with E-state index in [4.69, 9.17) is 5.73 Å². The first-order chi connectivity index (χ1) is 11.2. The Morgan fingerprint density at radius 3 is 2.17 bits per heavy atom. The molecule has 0 aliphatic heterocycles. The highest BCUT2D eigenvalue weighted by atomic mass is 35.5. The van der Waals surface area contributed by atoms with Crippen molar-refractivity contribution in [3.8, 4) is 0 Å². The third-order valence-electron chi connectivity index (χ3n) is 4.01. The van der Waals surface area contributed by atoms with Gasteiger partial charge in [-0.1, -0.05) is 60.2 Å². The molecule has 2 rings (SSSR count). The van der Waals surface area contributed by atoms with Gasteiger partial charge < -0.3 is 10.6 Å². The van der Waals surface area contributed by atoms with Crippen molar-refractivity contribution in [3.63, 3.8) is 0 Å². The van der Waals surface area contributed by atoms with E-state index in [1.54, 1.807) is 0 Å². The van der Waals surface area contributed by atoms with Crippen molar-refractivity contribution >= 4 is 18.3 Å². The van der Waals surface area contributed by atoms with Gasteiger partial charge in [-0.3, -0.25) is 4.79 Å². The zero-order valence-corrected chi connectivity index (χ0v) is 15.1. The molecule has 130 valence electrons. The molecule has 2 aromatic carbocycles. The number of carbonyl (C=O) groups excluding carboxylic acids is 1.